The van der Waals surface area contributed by atoms with Crippen LogP contribution in [0.2, 0.25) is 0 Å². The van der Waals surface area contributed by atoms with Crippen molar-refractivity contribution in [2.75, 3.05) is 24.5 Å². The van der Waals surface area contributed by atoms with Crippen LogP contribution < -0.4 is 14.4 Å². The molecule has 0 heterocycles. The predicted octanol–water partition coefficient (Wildman–Crippen LogP) is 5.92. The normalized spacial score (nSPS) is 12.0. The van der Waals surface area contributed by atoms with Crippen molar-refractivity contribution in [2.24, 2.45) is 5.92 Å². The third kappa shape index (κ3) is 8.97. The highest BCUT2D eigenvalue weighted by Gasteiger charge is 2.34. The molecular weight excluding hydrogens is 598 g/mol. The van der Waals surface area contributed by atoms with E-state index in [0.29, 0.717) is 18.0 Å². The van der Waals surface area contributed by atoms with Crippen LogP contribution in [0.5, 0.6) is 5.75 Å². The van der Waals surface area contributed by atoms with Crippen LogP contribution in [0.3, 0.4) is 0 Å². The van der Waals surface area contributed by atoms with Gasteiger partial charge in [-0.1, -0.05) is 91.7 Å². The molecule has 0 aliphatic heterocycles. The Morgan fingerprint density at radius 1 is 0.804 bits per heavy atom. The van der Waals surface area contributed by atoms with E-state index < -0.39 is 28.5 Å². The number of carbonyl (C=O) groups is 2. The van der Waals surface area contributed by atoms with Gasteiger partial charge in [0.05, 0.1) is 17.7 Å². The van der Waals surface area contributed by atoms with Gasteiger partial charge in [0.1, 0.15) is 18.3 Å². The summed E-state index contributed by atoms with van der Waals surface area (Å²) in [5.74, 6) is -0.0503. The smallest absolute Gasteiger partial charge is 0.264 e. The Balaban J connectivity index is 1.80. The summed E-state index contributed by atoms with van der Waals surface area (Å²) in [5, 5.41) is 3.02. The van der Waals surface area contributed by atoms with Crippen LogP contribution in [0.15, 0.2) is 108 Å². The monoisotopic (exact) mass is 641 g/mol. The van der Waals surface area contributed by atoms with E-state index in [0.717, 1.165) is 26.6 Å². The van der Waals surface area contributed by atoms with Crippen molar-refractivity contribution >= 4 is 27.5 Å². The second kappa shape index (κ2) is 15.6. The quantitative estimate of drug-likeness (QED) is 0.185. The van der Waals surface area contributed by atoms with Gasteiger partial charge in [0.15, 0.2) is 0 Å². The van der Waals surface area contributed by atoms with Crippen molar-refractivity contribution in [3.8, 4) is 5.75 Å². The number of anilines is 1. The molecule has 0 fully saturated rings. The molecule has 0 unspecified atom stereocenters. The first-order valence-corrected chi connectivity index (χ1v) is 16.8. The molecule has 1 atom stereocenters. The molecule has 0 aliphatic carbocycles. The van der Waals surface area contributed by atoms with E-state index >= 15 is 0 Å². The number of aryl methyl sites for hydroxylation is 2. The van der Waals surface area contributed by atoms with E-state index in [1.54, 1.807) is 36.4 Å². The SMILES string of the molecule is COc1ccc(N(CC(=O)N(Cc2cccc(C)c2)[C@@H](Cc2ccccc2)C(=O)NCC(C)C)S(=O)(=O)c2ccc(C)cc2)cc1. The lowest BCUT2D eigenvalue weighted by atomic mass is 10.0. The first-order chi connectivity index (χ1) is 22.0. The lowest BCUT2D eigenvalue weighted by Crippen LogP contribution is -2.53. The maximum absolute atomic E-state index is 14.6. The van der Waals surface area contributed by atoms with Gasteiger partial charge in [-0.2, -0.15) is 0 Å². The average Bonchev–Trinajstić information content (AvgIpc) is 3.04. The third-order valence-corrected chi connectivity index (χ3v) is 9.43. The number of amides is 2. The fraction of sp³-hybridized carbons (Fsp3) is 0.297. The Labute approximate surface area is 273 Å². The highest BCUT2D eigenvalue weighted by atomic mass is 32.2. The van der Waals surface area contributed by atoms with Crippen LogP contribution in [0.4, 0.5) is 5.69 Å². The predicted molar refractivity (Wildman–Crippen MR) is 182 cm³/mol. The molecule has 9 heteroatoms. The summed E-state index contributed by atoms with van der Waals surface area (Å²) in [7, 11) is -2.65. The minimum atomic E-state index is -4.18. The van der Waals surface area contributed by atoms with Crippen molar-refractivity contribution < 1.29 is 22.7 Å². The number of nitrogens with zero attached hydrogens (tertiary/aromatic N) is 2. The zero-order valence-corrected chi connectivity index (χ0v) is 28.0. The Kier molecular flexibility index (Phi) is 11.6. The average molecular weight is 642 g/mol. The number of sulfonamides is 1. The Bertz CT molecular complexity index is 1710. The molecular formula is C37H43N3O5S. The fourth-order valence-corrected chi connectivity index (χ4v) is 6.51. The number of methoxy groups -OCH3 is 1. The molecule has 0 aliphatic rings. The summed E-state index contributed by atoms with van der Waals surface area (Å²) in [4.78, 5) is 30.0. The van der Waals surface area contributed by atoms with Crippen LogP contribution in [0.1, 0.15) is 36.1 Å². The minimum Gasteiger partial charge on any atom is -0.497 e. The number of hydrogen-bond donors (Lipinski definition) is 1. The molecule has 4 aromatic carbocycles. The molecule has 4 rings (SSSR count). The molecule has 46 heavy (non-hydrogen) atoms. The van der Waals surface area contributed by atoms with Gasteiger partial charge in [-0.3, -0.25) is 13.9 Å². The topological polar surface area (TPSA) is 96.0 Å². The van der Waals surface area contributed by atoms with E-state index in [2.05, 4.69) is 5.32 Å². The number of carbonyl (C=O) groups excluding carboxylic acids is 2. The summed E-state index contributed by atoms with van der Waals surface area (Å²) >= 11 is 0. The van der Waals surface area contributed by atoms with Gasteiger partial charge in [0.25, 0.3) is 10.0 Å². The van der Waals surface area contributed by atoms with Crippen molar-refractivity contribution in [2.45, 2.75) is 51.6 Å². The van der Waals surface area contributed by atoms with E-state index in [1.165, 1.54) is 24.1 Å². The molecule has 242 valence electrons. The largest absolute Gasteiger partial charge is 0.497 e. The third-order valence-electron chi connectivity index (χ3n) is 7.64. The van der Waals surface area contributed by atoms with Crippen LogP contribution in [-0.4, -0.2) is 51.4 Å². The zero-order chi connectivity index (χ0) is 33.3. The molecule has 0 radical (unpaired) electrons. The molecule has 4 aromatic rings. The van der Waals surface area contributed by atoms with Gasteiger partial charge in [0, 0.05) is 19.5 Å². The molecule has 0 aromatic heterocycles. The molecule has 0 saturated carbocycles. The van der Waals surface area contributed by atoms with Crippen molar-refractivity contribution in [1.82, 2.24) is 10.2 Å². The second-order valence-corrected chi connectivity index (χ2v) is 13.7. The van der Waals surface area contributed by atoms with E-state index in [1.807, 2.05) is 82.3 Å². The fourth-order valence-electron chi connectivity index (χ4n) is 5.10. The number of rotatable bonds is 14. The molecule has 1 N–H and O–H groups in total. The lowest BCUT2D eigenvalue weighted by Gasteiger charge is -2.34. The Morgan fingerprint density at radius 2 is 1.46 bits per heavy atom. The second-order valence-electron chi connectivity index (χ2n) is 11.9. The number of ether oxygens (including phenoxy) is 1. The van der Waals surface area contributed by atoms with Crippen LogP contribution in [-0.2, 0) is 32.6 Å². The van der Waals surface area contributed by atoms with Gasteiger partial charge in [-0.25, -0.2) is 8.42 Å². The number of nitrogens with one attached hydrogen (secondary N) is 1. The highest BCUT2D eigenvalue weighted by molar-refractivity contribution is 7.92. The van der Waals surface area contributed by atoms with Crippen molar-refractivity contribution in [3.63, 3.8) is 0 Å². The van der Waals surface area contributed by atoms with Crippen LogP contribution in [0, 0.1) is 19.8 Å². The lowest BCUT2D eigenvalue weighted by molar-refractivity contribution is -0.140. The molecule has 0 spiro atoms. The van der Waals surface area contributed by atoms with Gasteiger partial charge in [-0.15, -0.1) is 0 Å². The molecule has 8 nitrogen and oxygen atoms in total. The first-order valence-electron chi connectivity index (χ1n) is 15.4. The maximum Gasteiger partial charge on any atom is 0.264 e. The van der Waals surface area contributed by atoms with Crippen molar-refractivity contribution in [3.05, 3.63) is 125 Å². The standard InChI is InChI=1S/C37H43N3O5S/c1-27(2)24-38-37(42)35(23-30-11-7-6-8-12-30)39(25-31-13-9-10-29(4)22-31)36(41)26-40(32-16-18-33(45-5)19-17-32)46(43,44)34-20-14-28(3)15-21-34/h6-22,27,35H,23-26H2,1-5H3,(H,38,42)/t35-/m0/s1. The number of hydrogen-bond acceptors (Lipinski definition) is 5. The molecule has 2 amide bonds. The van der Waals surface area contributed by atoms with E-state index in [4.69, 9.17) is 4.74 Å². The van der Waals surface area contributed by atoms with Gasteiger partial charge in [0.2, 0.25) is 11.8 Å². The summed E-state index contributed by atoms with van der Waals surface area (Å²) in [6.45, 7) is 7.89. The summed E-state index contributed by atoms with van der Waals surface area (Å²) < 4.78 is 34.8. The summed E-state index contributed by atoms with van der Waals surface area (Å²) in [6.07, 6.45) is 0.259. The summed E-state index contributed by atoms with van der Waals surface area (Å²) in [5.41, 5.74) is 3.94. The molecule has 0 bridgehead atoms. The Morgan fingerprint density at radius 3 is 2.07 bits per heavy atom. The van der Waals surface area contributed by atoms with Crippen molar-refractivity contribution in [1.29, 1.82) is 0 Å². The van der Waals surface area contributed by atoms with Gasteiger partial charge < -0.3 is 15.0 Å². The van der Waals surface area contributed by atoms with Crippen LogP contribution in [0.25, 0.3) is 0 Å². The highest BCUT2D eigenvalue weighted by Crippen LogP contribution is 2.27. The Hall–Kier alpha value is -4.63. The summed E-state index contributed by atoms with van der Waals surface area (Å²) in [6, 6.07) is 29.4. The first kappa shape index (κ1) is 34.2. The van der Waals surface area contributed by atoms with Gasteiger partial charge >= 0.3 is 0 Å². The van der Waals surface area contributed by atoms with Gasteiger partial charge in [-0.05, 0) is 67.3 Å². The van der Waals surface area contributed by atoms with Crippen LogP contribution >= 0.6 is 0 Å². The van der Waals surface area contributed by atoms with E-state index in [-0.39, 0.29) is 29.7 Å². The van der Waals surface area contributed by atoms with E-state index in [9.17, 15) is 18.0 Å². The maximum atomic E-state index is 14.6. The minimum absolute atomic E-state index is 0.0578. The number of benzene rings is 4. The molecule has 0 saturated heterocycles. The zero-order valence-electron chi connectivity index (χ0n) is 27.1.